The van der Waals surface area contributed by atoms with Crippen LogP contribution in [-0.4, -0.2) is 32.8 Å². The Bertz CT molecular complexity index is 1630. The van der Waals surface area contributed by atoms with E-state index in [0.29, 0.717) is 22.5 Å². The van der Waals surface area contributed by atoms with Gasteiger partial charge in [0.1, 0.15) is 11.5 Å². The number of sulfonamides is 1. The fourth-order valence-corrected chi connectivity index (χ4v) is 5.24. The summed E-state index contributed by atoms with van der Waals surface area (Å²) in [6, 6.07) is 24.1. The first-order chi connectivity index (χ1) is 18.6. The first-order valence-corrected chi connectivity index (χ1v) is 13.7. The molecular formula is C30H30N2O6S. The zero-order valence-corrected chi connectivity index (χ0v) is 22.9. The summed E-state index contributed by atoms with van der Waals surface area (Å²) in [5.74, 6) is -0.245. The van der Waals surface area contributed by atoms with Crippen molar-refractivity contribution in [2.75, 3.05) is 12.4 Å². The lowest BCUT2D eigenvalue weighted by atomic mass is 9.98. The van der Waals surface area contributed by atoms with Gasteiger partial charge in [-0.1, -0.05) is 48.0 Å². The number of hydrogen-bond donors (Lipinski definition) is 3. The molecule has 8 nitrogen and oxygen atoms in total. The van der Waals surface area contributed by atoms with E-state index in [4.69, 9.17) is 9.47 Å². The number of rotatable bonds is 9. The molecule has 9 heteroatoms. The van der Waals surface area contributed by atoms with Gasteiger partial charge in [-0.3, -0.25) is 0 Å². The van der Waals surface area contributed by atoms with Crippen LogP contribution in [0.5, 0.6) is 11.5 Å². The first kappa shape index (κ1) is 27.7. The Kier molecular flexibility index (Phi) is 8.23. The quantitative estimate of drug-likeness (QED) is 0.143. The van der Waals surface area contributed by atoms with Crippen molar-refractivity contribution in [1.82, 2.24) is 4.72 Å². The van der Waals surface area contributed by atoms with Gasteiger partial charge in [-0.05, 0) is 68.6 Å². The number of esters is 1. The SMILES string of the molecule is COc1ccc(N/C(C)=C(\C(=O)OC(C)NS(=O)(=O)c2ccc(C)cc2)c2ccc3ccccc3c2O)cc1. The molecule has 0 aliphatic rings. The number of aryl methyl sites for hydroxylation is 1. The number of allylic oxidation sites excluding steroid dienone is 1. The third kappa shape index (κ3) is 6.39. The first-order valence-electron chi connectivity index (χ1n) is 12.2. The lowest BCUT2D eigenvalue weighted by Crippen LogP contribution is -2.36. The number of aromatic hydroxyl groups is 1. The van der Waals surface area contributed by atoms with Crippen LogP contribution in [-0.2, 0) is 19.6 Å². The minimum absolute atomic E-state index is 0.0513. The highest BCUT2D eigenvalue weighted by molar-refractivity contribution is 7.89. The van der Waals surface area contributed by atoms with Gasteiger partial charge in [0.05, 0.1) is 17.6 Å². The maximum absolute atomic E-state index is 13.6. The molecule has 0 aliphatic carbocycles. The van der Waals surface area contributed by atoms with Gasteiger partial charge in [0, 0.05) is 22.3 Å². The van der Waals surface area contributed by atoms with Crippen LogP contribution in [0.25, 0.3) is 16.3 Å². The number of ether oxygens (including phenoxy) is 2. The number of anilines is 1. The van der Waals surface area contributed by atoms with Crippen molar-refractivity contribution >= 4 is 38.0 Å². The van der Waals surface area contributed by atoms with Crippen LogP contribution in [0.3, 0.4) is 0 Å². The Labute approximate surface area is 228 Å². The van der Waals surface area contributed by atoms with E-state index in [1.165, 1.54) is 19.1 Å². The van der Waals surface area contributed by atoms with Crippen molar-refractivity contribution in [2.24, 2.45) is 0 Å². The van der Waals surface area contributed by atoms with Crippen molar-refractivity contribution < 1.29 is 27.8 Å². The Morgan fingerprint density at radius 2 is 1.59 bits per heavy atom. The Balaban J connectivity index is 1.68. The average Bonchev–Trinajstić information content (AvgIpc) is 2.90. The highest BCUT2D eigenvalue weighted by atomic mass is 32.2. The van der Waals surface area contributed by atoms with Gasteiger partial charge in [-0.15, -0.1) is 0 Å². The van der Waals surface area contributed by atoms with Crippen LogP contribution in [0.1, 0.15) is 25.0 Å². The maximum Gasteiger partial charge on any atom is 0.342 e. The summed E-state index contributed by atoms with van der Waals surface area (Å²) in [7, 11) is -2.38. The molecule has 0 heterocycles. The largest absolute Gasteiger partial charge is 0.507 e. The summed E-state index contributed by atoms with van der Waals surface area (Å²) in [5.41, 5.74) is 2.27. The van der Waals surface area contributed by atoms with Crippen molar-refractivity contribution in [1.29, 1.82) is 0 Å². The predicted octanol–water partition coefficient (Wildman–Crippen LogP) is 5.57. The van der Waals surface area contributed by atoms with Crippen LogP contribution in [0, 0.1) is 6.92 Å². The summed E-state index contributed by atoms with van der Waals surface area (Å²) < 4.78 is 38.8. The van der Waals surface area contributed by atoms with Gasteiger partial charge in [0.2, 0.25) is 10.0 Å². The molecule has 0 spiro atoms. The van der Waals surface area contributed by atoms with Gasteiger partial charge < -0.3 is 19.9 Å². The average molecular weight is 547 g/mol. The molecular weight excluding hydrogens is 516 g/mol. The molecule has 0 amide bonds. The second kappa shape index (κ2) is 11.6. The Hall–Kier alpha value is -4.34. The van der Waals surface area contributed by atoms with E-state index >= 15 is 0 Å². The molecule has 0 saturated carbocycles. The zero-order valence-electron chi connectivity index (χ0n) is 22.1. The van der Waals surface area contributed by atoms with Crippen molar-refractivity contribution in [2.45, 2.75) is 31.9 Å². The maximum atomic E-state index is 13.6. The van der Waals surface area contributed by atoms with Crippen LogP contribution in [0.15, 0.2) is 95.5 Å². The normalized spacial score (nSPS) is 12.9. The molecule has 0 aliphatic heterocycles. The fourth-order valence-electron chi connectivity index (χ4n) is 4.12. The van der Waals surface area contributed by atoms with Gasteiger partial charge in [-0.2, -0.15) is 4.72 Å². The summed E-state index contributed by atoms with van der Waals surface area (Å²) in [4.78, 5) is 13.6. The standard InChI is InChI=1S/C30H30N2O6S/c1-19-9-16-25(17-10-19)39(35,36)32-21(3)38-30(34)28(20(2)31-23-12-14-24(37-4)15-13-23)27-18-11-22-7-5-6-8-26(22)29(27)33/h5-18,21,31-33H,1-4H3/b28-20-. The number of carbonyl (C=O) groups excluding carboxylic acids is 1. The van der Waals surface area contributed by atoms with E-state index < -0.39 is 22.2 Å². The zero-order chi connectivity index (χ0) is 28.2. The van der Waals surface area contributed by atoms with Crippen LogP contribution in [0.4, 0.5) is 5.69 Å². The number of carbonyl (C=O) groups is 1. The van der Waals surface area contributed by atoms with Crippen LogP contribution in [0.2, 0.25) is 0 Å². The molecule has 4 aromatic carbocycles. The third-order valence-electron chi connectivity index (χ3n) is 6.11. The fraction of sp³-hybridized carbons (Fsp3) is 0.167. The summed E-state index contributed by atoms with van der Waals surface area (Å²) in [6.45, 7) is 4.96. The molecule has 1 unspecified atom stereocenters. The van der Waals surface area contributed by atoms with Gasteiger partial charge in [0.15, 0.2) is 6.23 Å². The van der Waals surface area contributed by atoms with Crippen LogP contribution >= 0.6 is 0 Å². The monoisotopic (exact) mass is 546 g/mol. The molecule has 4 aromatic rings. The van der Waals surface area contributed by atoms with Crippen molar-refractivity contribution in [3.8, 4) is 11.5 Å². The van der Waals surface area contributed by atoms with E-state index in [0.717, 1.165) is 10.9 Å². The topological polar surface area (TPSA) is 114 Å². The predicted molar refractivity (Wildman–Crippen MR) is 152 cm³/mol. The summed E-state index contributed by atoms with van der Waals surface area (Å²) >= 11 is 0. The third-order valence-corrected chi connectivity index (χ3v) is 7.64. The van der Waals surface area contributed by atoms with Crippen molar-refractivity contribution in [3.63, 3.8) is 0 Å². The van der Waals surface area contributed by atoms with E-state index in [1.54, 1.807) is 74.7 Å². The van der Waals surface area contributed by atoms with Crippen LogP contribution < -0.4 is 14.8 Å². The molecule has 3 N–H and O–H groups in total. The Morgan fingerprint density at radius 3 is 2.26 bits per heavy atom. The highest BCUT2D eigenvalue weighted by Crippen LogP contribution is 2.35. The number of nitrogens with one attached hydrogen (secondary N) is 2. The molecule has 1 atom stereocenters. The summed E-state index contributed by atoms with van der Waals surface area (Å²) in [6.07, 6.45) is -1.20. The molecule has 0 bridgehead atoms. The highest BCUT2D eigenvalue weighted by Gasteiger charge is 2.26. The van der Waals surface area contributed by atoms with Gasteiger partial charge >= 0.3 is 5.97 Å². The molecule has 0 aromatic heterocycles. The molecule has 0 saturated heterocycles. The number of hydrogen-bond acceptors (Lipinski definition) is 7. The van der Waals surface area contributed by atoms with E-state index in [-0.39, 0.29) is 21.8 Å². The number of phenols is 1. The molecule has 0 radical (unpaired) electrons. The lowest BCUT2D eigenvalue weighted by molar-refractivity contribution is -0.141. The molecule has 4 rings (SSSR count). The van der Waals surface area contributed by atoms with E-state index in [2.05, 4.69) is 10.0 Å². The minimum Gasteiger partial charge on any atom is -0.507 e. The van der Waals surface area contributed by atoms with Gasteiger partial charge in [-0.25, -0.2) is 13.2 Å². The van der Waals surface area contributed by atoms with Gasteiger partial charge in [0.25, 0.3) is 0 Å². The second-order valence-corrected chi connectivity index (χ2v) is 10.7. The number of methoxy groups -OCH3 is 1. The molecule has 0 fully saturated rings. The number of benzene rings is 4. The van der Waals surface area contributed by atoms with E-state index in [9.17, 15) is 18.3 Å². The lowest BCUT2D eigenvalue weighted by Gasteiger charge is -2.20. The molecule has 39 heavy (non-hydrogen) atoms. The number of phenolic OH excluding ortho intramolecular Hbond substituents is 1. The Morgan fingerprint density at radius 1 is 0.923 bits per heavy atom. The van der Waals surface area contributed by atoms with Crippen molar-refractivity contribution in [3.05, 3.63) is 102 Å². The number of fused-ring (bicyclic) bond motifs is 1. The minimum atomic E-state index is -3.94. The second-order valence-electron chi connectivity index (χ2n) is 9.02. The smallest absolute Gasteiger partial charge is 0.342 e. The summed E-state index contributed by atoms with van der Waals surface area (Å²) in [5, 5.41) is 15.7. The molecule has 202 valence electrons. The van der Waals surface area contributed by atoms with E-state index in [1.807, 2.05) is 19.1 Å².